The van der Waals surface area contributed by atoms with Gasteiger partial charge in [-0.3, -0.25) is 9.59 Å². The summed E-state index contributed by atoms with van der Waals surface area (Å²) in [5, 5.41) is 14.5. The monoisotopic (exact) mass is 229 g/mol. The van der Waals surface area contributed by atoms with Gasteiger partial charge in [-0.1, -0.05) is 0 Å². The van der Waals surface area contributed by atoms with Gasteiger partial charge < -0.3 is 21.5 Å². The standard InChI is InChI=1S/C10H19N3O3/c11-5-9(15)13-8(6-14)4-7-2-1-3-12-10(7)16/h7-8,14H,1-6,11H2,(H,12,16)(H,13,15)/t7?,8-/m0/s1. The fraction of sp³-hybridized carbons (Fsp3) is 0.800. The Kier molecular flexibility index (Phi) is 5.21. The summed E-state index contributed by atoms with van der Waals surface area (Å²) >= 11 is 0. The number of piperidine rings is 1. The number of nitrogens with one attached hydrogen (secondary N) is 2. The van der Waals surface area contributed by atoms with Gasteiger partial charge in [-0.05, 0) is 19.3 Å². The molecule has 1 fully saturated rings. The molecular formula is C10H19N3O3. The molecule has 0 aromatic heterocycles. The van der Waals surface area contributed by atoms with Gasteiger partial charge in [0.1, 0.15) is 0 Å². The van der Waals surface area contributed by atoms with Gasteiger partial charge >= 0.3 is 0 Å². The molecule has 1 rings (SSSR count). The highest BCUT2D eigenvalue weighted by molar-refractivity contribution is 5.80. The molecule has 0 aromatic rings. The molecule has 0 aromatic carbocycles. The minimum Gasteiger partial charge on any atom is -0.394 e. The Morgan fingerprint density at radius 3 is 3.00 bits per heavy atom. The molecule has 6 nitrogen and oxygen atoms in total. The van der Waals surface area contributed by atoms with Crippen LogP contribution >= 0.6 is 0 Å². The summed E-state index contributed by atoms with van der Waals surface area (Å²) in [6, 6.07) is -0.384. The maximum atomic E-state index is 11.5. The first-order valence-corrected chi connectivity index (χ1v) is 5.55. The normalized spacial score (nSPS) is 22.4. The highest BCUT2D eigenvalue weighted by atomic mass is 16.3. The van der Waals surface area contributed by atoms with Crippen molar-refractivity contribution in [2.75, 3.05) is 19.7 Å². The minimum atomic E-state index is -0.384. The zero-order valence-electron chi connectivity index (χ0n) is 9.24. The second kappa shape index (κ2) is 6.44. The summed E-state index contributed by atoms with van der Waals surface area (Å²) in [5.74, 6) is -0.425. The third kappa shape index (κ3) is 3.79. The van der Waals surface area contributed by atoms with Crippen LogP contribution in [0.5, 0.6) is 0 Å². The van der Waals surface area contributed by atoms with E-state index in [0.717, 1.165) is 12.8 Å². The van der Waals surface area contributed by atoms with Crippen LogP contribution in [0, 0.1) is 5.92 Å². The molecule has 6 heteroatoms. The van der Waals surface area contributed by atoms with Crippen molar-refractivity contribution in [3.05, 3.63) is 0 Å². The van der Waals surface area contributed by atoms with Crippen LogP contribution in [0.15, 0.2) is 0 Å². The van der Waals surface area contributed by atoms with Gasteiger partial charge in [0.25, 0.3) is 0 Å². The summed E-state index contributed by atoms with van der Waals surface area (Å²) in [6.07, 6.45) is 2.22. The van der Waals surface area contributed by atoms with Crippen molar-refractivity contribution in [3.8, 4) is 0 Å². The highest BCUT2D eigenvalue weighted by Gasteiger charge is 2.25. The van der Waals surface area contributed by atoms with Gasteiger partial charge in [0, 0.05) is 12.5 Å². The number of nitrogens with two attached hydrogens (primary N) is 1. The van der Waals surface area contributed by atoms with Crippen molar-refractivity contribution < 1.29 is 14.7 Å². The van der Waals surface area contributed by atoms with Crippen molar-refractivity contribution in [1.82, 2.24) is 10.6 Å². The predicted molar refractivity (Wildman–Crippen MR) is 58.4 cm³/mol. The zero-order chi connectivity index (χ0) is 12.0. The van der Waals surface area contributed by atoms with Crippen LogP contribution in [0.2, 0.25) is 0 Å². The quantitative estimate of drug-likeness (QED) is 0.453. The molecule has 1 saturated heterocycles. The molecule has 16 heavy (non-hydrogen) atoms. The number of amides is 2. The Bertz CT molecular complexity index is 258. The number of hydrogen-bond acceptors (Lipinski definition) is 4. The summed E-state index contributed by atoms with van der Waals surface area (Å²) in [6.45, 7) is 0.442. The SMILES string of the molecule is NCC(=O)N[C@H](CO)CC1CCCNC1=O. The number of rotatable bonds is 5. The maximum Gasteiger partial charge on any atom is 0.234 e. The van der Waals surface area contributed by atoms with E-state index in [0.29, 0.717) is 13.0 Å². The van der Waals surface area contributed by atoms with Crippen LogP contribution < -0.4 is 16.4 Å². The highest BCUT2D eigenvalue weighted by Crippen LogP contribution is 2.17. The summed E-state index contributed by atoms with van der Waals surface area (Å²) in [7, 11) is 0. The zero-order valence-corrected chi connectivity index (χ0v) is 9.24. The smallest absolute Gasteiger partial charge is 0.234 e. The fourth-order valence-corrected chi connectivity index (χ4v) is 1.87. The van der Waals surface area contributed by atoms with Crippen molar-refractivity contribution in [3.63, 3.8) is 0 Å². The lowest BCUT2D eigenvalue weighted by molar-refractivity contribution is -0.128. The van der Waals surface area contributed by atoms with Crippen LogP contribution in [-0.4, -0.2) is 42.7 Å². The van der Waals surface area contributed by atoms with E-state index in [-0.39, 0.29) is 36.9 Å². The van der Waals surface area contributed by atoms with E-state index in [1.54, 1.807) is 0 Å². The van der Waals surface area contributed by atoms with Crippen molar-refractivity contribution in [2.24, 2.45) is 11.7 Å². The molecule has 5 N–H and O–H groups in total. The second-order valence-electron chi connectivity index (χ2n) is 4.02. The molecule has 92 valence electrons. The molecule has 1 aliphatic rings. The third-order valence-corrected chi connectivity index (χ3v) is 2.74. The van der Waals surface area contributed by atoms with Gasteiger partial charge in [0.15, 0.2) is 0 Å². The van der Waals surface area contributed by atoms with Crippen LogP contribution in [0.1, 0.15) is 19.3 Å². The van der Waals surface area contributed by atoms with E-state index >= 15 is 0 Å². The lowest BCUT2D eigenvalue weighted by atomic mass is 9.92. The Labute approximate surface area is 94.6 Å². The molecule has 0 radical (unpaired) electrons. The fourth-order valence-electron chi connectivity index (χ4n) is 1.87. The Balaban J connectivity index is 2.42. The van der Waals surface area contributed by atoms with Crippen molar-refractivity contribution >= 4 is 11.8 Å². The minimum absolute atomic E-state index is 0.00620. The maximum absolute atomic E-state index is 11.5. The number of hydrogen-bond donors (Lipinski definition) is 4. The average molecular weight is 229 g/mol. The molecule has 1 unspecified atom stereocenters. The Morgan fingerprint density at radius 1 is 1.69 bits per heavy atom. The number of aliphatic hydroxyl groups excluding tert-OH is 1. The van der Waals surface area contributed by atoms with Crippen LogP contribution in [0.4, 0.5) is 0 Å². The van der Waals surface area contributed by atoms with Crippen molar-refractivity contribution in [2.45, 2.75) is 25.3 Å². The molecule has 1 aliphatic heterocycles. The van der Waals surface area contributed by atoms with Gasteiger partial charge in [-0.2, -0.15) is 0 Å². The first kappa shape index (κ1) is 12.9. The predicted octanol–water partition coefficient (Wildman–Crippen LogP) is -1.66. The Morgan fingerprint density at radius 2 is 2.44 bits per heavy atom. The molecule has 0 spiro atoms. The molecule has 0 saturated carbocycles. The topological polar surface area (TPSA) is 104 Å². The first-order chi connectivity index (χ1) is 7.67. The molecule has 2 amide bonds. The number of aliphatic hydroxyl groups is 1. The second-order valence-corrected chi connectivity index (χ2v) is 4.02. The van der Waals surface area contributed by atoms with E-state index in [1.807, 2.05) is 0 Å². The number of carbonyl (C=O) groups is 2. The van der Waals surface area contributed by atoms with E-state index in [4.69, 9.17) is 10.8 Å². The summed E-state index contributed by atoms with van der Waals surface area (Å²) in [5.41, 5.74) is 5.16. The lowest BCUT2D eigenvalue weighted by Gasteiger charge is -2.25. The molecule has 2 atom stereocenters. The average Bonchev–Trinajstić information content (AvgIpc) is 2.30. The lowest BCUT2D eigenvalue weighted by Crippen LogP contribution is -2.45. The van der Waals surface area contributed by atoms with E-state index in [2.05, 4.69) is 10.6 Å². The molecule has 1 heterocycles. The van der Waals surface area contributed by atoms with Crippen LogP contribution in [0.25, 0.3) is 0 Å². The van der Waals surface area contributed by atoms with Crippen LogP contribution in [0.3, 0.4) is 0 Å². The van der Waals surface area contributed by atoms with E-state index < -0.39 is 0 Å². The van der Waals surface area contributed by atoms with E-state index in [9.17, 15) is 9.59 Å². The van der Waals surface area contributed by atoms with Crippen molar-refractivity contribution in [1.29, 1.82) is 0 Å². The summed E-state index contributed by atoms with van der Waals surface area (Å²) < 4.78 is 0. The molecule has 0 aliphatic carbocycles. The van der Waals surface area contributed by atoms with Gasteiger partial charge in [-0.15, -0.1) is 0 Å². The molecule has 0 bridgehead atoms. The van der Waals surface area contributed by atoms with Crippen LogP contribution in [-0.2, 0) is 9.59 Å². The Hall–Kier alpha value is -1.14. The van der Waals surface area contributed by atoms with Gasteiger partial charge in [0.2, 0.25) is 11.8 Å². The largest absolute Gasteiger partial charge is 0.394 e. The van der Waals surface area contributed by atoms with E-state index in [1.165, 1.54) is 0 Å². The first-order valence-electron chi connectivity index (χ1n) is 5.55. The molecular weight excluding hydrogens is 210 g/mol. The number of carbonyl (C=O) groups excluding carboxylic acids is 2. The third-order valence-electron chi connectivity index (χ3n) is 2.74. The van der Waals surface area contributed by atoms with Gasteiger partial charge in [0.05, 0.1) is 19.2 Å². The summed E-state index contributed by atoms with van der Waals surface area (Å²) in [4.78, 5) is 22.5. The van der Waals surface area contributed by atoms with Gasteiger partial charge in [-0.25, -0.2) is 0 Å².